The van der Waals surface area contributed by atoms with Gasteiger partial charge in [-0.3, -0.25) is 9.59 Å². The molecule has 0 aromatic carbocycles. The molecule has 0 saturated carbocycles. The number of aryl methyl sites for hydroxylation is 2. The summed E-state index contributed by atoms with van der Waals surface area (Å²) in [5, 5.41) is 24.5. The summed E-state index contributed by atoms with van der Waals surface area (Å²) in [5.74, 6) is -0.734. The van der Waals surface area contributed by atoms with Crippen molar-refractivity contribution < 1.29 is 24.6 Å². The van der Waals surface area contributed by atoms with E-state index in [9.17, 15) is 19.5 Å². The van der Waals surface area contributed by atoms with E-state index in [1.165, 1.54) is 10.5 Å². The fraction of sp³-hybridized carbons (Fsp3) is 0.579. The Labute approximate surface area is 168 Å². The molecule has 3 heterocycles. The number of carbonyl (C=O) groups is 3. The van der Waals surface area contributed by atoms with Crippen LogP contribution in [0.15, 0.2) is 12.1 Å². The zero-order valence-corrected chi connectivity index (χ0v) is 16.3. The molecule has 29 heavy (non-hydrogen) atoms. The first-order valence-corrected chi connectivity index (χ1v) is 9.88. The van der Waals surface area contributed by atoms with Crippen molar-refractivity contribution in [3.63, 3.8) is 0 Å². The molecule has 0 radical (unpaired) electrons. The third-order valence-corrected chi connectivity index (χ3v) is 5.18. The van der Waals surface area contributed by atoms with Gasteiger partial charge in [-0.25, -0.2) is 9.78 Å². The van der Waals surface area contributed by atoms with Gasteiger partial charge in [-0.05, 0) is 37.3 Å². The van der Waals surface area contributed by atoms with Crippen LogP contribution < -0.4 is 10.6 Å². The molecule has 10 heteroatoms. The van der Waals surface area contributed by atoms with E-state index in [0.29, 0.717) is 19.4 Å². The zero-order chi connectivity index (χ0) is 20.8. The number of piperazine rings is 1. The molecule has 1 fully saturated rings. The molecule has 1 atom stereocenters. The van der Waals surface area contributed by atoms with E-state index in [2.05, 4.69) is 21.7 Å². The minimum absolute atomic E-state index is 0.126. The van der Waals surface area contributed by atoms with Crippen molar-refractivity contribution in [2.24, 2.45) is 0 Å². The molecule has 0 unspecified atom stereocenters. The first-order chi connectivity index (χ1) is 14.0. The highest BCUT2D eigenvalue weighted by Crippen LogP contribution is 2.20. The summed E-state index contributed by atoms with van der Waals surface area (Å²) in [6.45, 7) is 0.660. The third kappa shape index (κ3) is 5.14. The SMILES string of the molecule is O=C(O)CN1CCN(C(=O)NCCCc2ccc3c(n2)NCCC3)[C@H](CO)C1=O. The number of pyridine rings is 1. The summed E-state index contributed by atoms with van der Waals surface area (Å²) < 4.78 is 0. The topological polar surface area (TPSA) is 135 Å². The van der Waals surface area contributed by atoms with E-state index in [1.807, 2.05) is 6.07 Å². The number of aliphatic carboxylic acids is 1. The lowest BCUT2D eigenvalue weighted by Crippen LogP contribution is -2.62. The van der Waals surface area contributed by atoms with Crippen LogP contribution in [0.3, 0.4) is 0 Å². The molecule has 0 spiro atoms. The largest absolute Gasteiger partial charge is 0.480 e. The Morgan fingerprint density at radius 3 is 2.90 bits per heavy atom. The minimum Gasteiger partial charge on any atom is -0.480 e. The van der Waals surface area contributed by atoms with Gasteiger partial charge in [0.25, 0.3) is 0 Å². The first-order valence-electron chi connectivity index (χ1n) is 9.88. The molecule has 2 aliphatic rings. The number of carboxylic acid groups (broad SMARTS) is 1. The average Bonchev–Trinajstić information content (AvgIpc) is 2.72. The number of anilines is 1. The lowest BCUT2D eigenvalue weighted by atomic mass is 10.1. The molecule has 0 bridgehead atoms. The number of hydrogen-bond donors (Lipinski definition) is 4. The number of carboxylic acids is 1. The molecule has 1 aromatic rings. The lowest BCUT2D eigenvalue weighted by molar-refractivity contribution is -0.150. The van der Waals surface area contributed by atoms with Gasteiger partial charge < -0.3 is 30.6 Å². The number of nitrogens with zero attached hydrogens (tertiary/aromatic N) is 3. The van der Waals surface area contributed by atoms with Crippen molar-refractivity contribution in [1.29, 1.82) is 0 Å². The summed E-state index contributed by atoms with van der Waals surface area (Å²) in [6.07, 6.45) is 3.55. The van der Waals surface area contributed by atoms with Crippen LogP contribution in [-0.4, -0.2) is 88.3 Å². The lowest BCUT2D eigenvalue weighted by Gasteiger charge is -2.39. The Morgan fingerprint density at radius 1 is 1.31 bits per heavy atom. The first kappa shape index (κ1) is 20.8. The van der Waals surface area contributed by atoms with Gasteiger partial charge in [0.1, 0.15) is 18.4 Å². The number of fused-ring (bicyclic) bond motifs is 1. The molecule has 2 aliphatic heterocycles. The zero-order valence-electron chi connectivity index (χ0n) is 16.3. The predicted molar refractivity (Wildman–Crippen MR) is 105 cm³/mol. The highest BCUT2D eigenvalue weighted by atomic mass is 16.4. The summed E-state index contributed by atoms with van der Waals surface area (Å²) in [7, 11) is 0. The number of aliphatic hydroxyl groups excluding tert-OH is 1. The Balaban J connectivity index is 1.46. The van der Waals surface area contributed by atoms with Crippen LogP contribution in [0.5, 0.6) is 0 Å². The van der Waals surface area contributed by atoms with Gasteiger partial charge in [-0.15, -0.1) is 0 Å². The fourth-order valence-corrected chi connectivity index (χ4v) is 3.65. The maximum atomic E-state index is 12.4. The monoisotopic (exact) mass is 405 g/mol. The normalized spacial score (nSPS) is 18.8. The van der Waals surface area contributed by atoms with Gasteiger partial charge in [-0.2, -0.15) is 0 Å². The summed E-state index contributed by atoms with van der Waals surface area (Å²) in [4.78, 5) is 42.6. The number of rotatable bonds is 7. The molecular formula is C19H27N5O5. The van der Waals surface area contributed by atoms with Crippen LogP contribution in [0, 0.1) is 0 Å². The number of urea groups is 1. The molecule has 158 valence electrons. The molecule has 10 nitrogen and oxygen atoms in total. The van der Waals surface area contributed by atoms with E-state index >= 15 is 0 Å². The standard InChI is InChI=1S/C19H27N5O5/c25-12-15-18(28)23(11-16(26)27)9-10-24(15)19(29)21-8-2-4-14-6-5-13-3-1-7-20-17(13)22-14/h5-6,15,25H,1-4,7-12H2,(H,20,22)(H,21,29)(H,26,27)/t15-/m1/s1. The summed E-state index contributed by atoms with van der Waals surface area (Å²) in [6, 6.07) is 2.61. The smallest absolute Gasteiger partial charge is 0.323 e. The van der Waals surface area contributed by atoms with Crippen LogP contribution in [-0.2, 0) is 22.4 Å². The second-order valence-corrected chi connectivity index (χ2v) is 7.22. The van der Waals surface area contributed by atoms with Crippen molar-refractivity contribution in [1.82, 2.24) is 20.1 Å². The van der Waals surface area contributed by atoms with Gasteiger partial charge in [0.15, 0.2) is 0 Å². The number of aromatic nitrogens is 1. The van der Waals surface area contributed by atoms with Crippen LogP contribution >= 0.6 is 0 Å². The van der Waals surface area contributed by atoms with Gasteiger partial charge in [0.2, 0.25) is 5.91 Å². The Kier molecular flexibility index (Phi) is 6.86. The van der Waals surface area contributed by atoms with Crippen molar-refractivity contribution in [3.8, 4) is 0 Å². The van der Waals surface area contributed by atoms with E-state index < -0.39 is 37.1 Å². The Morgan fingerprint density at radius 2 is 2.14 bits per heavy atom. The second kappa shape index (κ2) is 9.55. The summed E-state index contributed by atoms with van der Waals surface area (Å²) >= 11 is 0. The molecule has 1 aromatic heterocycles. The van der Waals surface area contributed by atoms with E-state index in [4.69, 9.17) is 5.11 Å². The van der Waals surface area contributed by atoms with E-state index in [0.717, 1.165) is 35.8 Å². The van der Waals surface area contributed by atoms with Crippen LogP contribution in [0.1, 0.15) is 24.1 Å². The van der Waals surface area contributed by atoms with Crippen LogP contribution in [0.25, 0.3) is 0 Å². The second-order valence-electron chi connectivity index (χ2n) is 7.22. The predicted octanol–water partition coefficient (Wildman–Crippen LogP) is -0.328. The van der Waals surface area contributed by atoms with Crippen LogP contribution in [0.4, 0.5) is 10.6 Å². The minimum atomic E-state index is -1.13. The van der Waals surface area contributed by atoms with E-state index in [-0.39, 0.29) is 13.1 Å². The van der Waals surface area contributed by atoms with Crippen molar-refractivity contribution in [2.75, 3.05) is 44.6 Å². The molecular weight excluding hydrogens is 378 g/mol. The molecule has 3 amide bonds. The Bertz CT molecular complexity index is 771. The molecule has 0 aliphatic carbocycles. The van der Waals surface area contributed by atoms with Crippen LogP contribution in [0.2, 0.25) is 0 Å². The van der Waals surface area contributed by atoms with Gasteiger partial charge >= 0.3 is 12.0 Å². The number of amides is 3. The van der Waals surface area contributed by atoms with Gasteiger partial charge in [0, 0.05) is 31.9 Å². The van der Waals surface area contributed by atoms with Gasteiger partial charge in [-0.1, -0.05) is 6.07 Å². The molecule has 1 saturated heterocycles. The molecule has 3 rings (SSSR count). The average molecular weight is 405 g/mol. The number of carbonyl (C=O) groups excluding carboxylic acids is 2. The third-order valence-electron chi connectivity index (χ3n) is 5.18. The maximum absolute atomic E-state index is 12.4. The Hall–Kier alpha value is -2.88. The highest BCUT2D eigenvalue weighted by molar-refractivity contribution is 5.90. The molecule has 4 N–H and O–H groups in total. The maximum Gasteiger partial charge on any atom is 0.323 e. The van der Waals surface area contributed by atoms with E-state index in [1.54, 1.807) is 0 Å². The van der Waals surface area contributed by atoms with Crippen molar-refractivity contribution in [2.45, 2.75) is 31.7 Å². The van der Waals surface area contributed by atoms with Crippen molar-refractivity contribution >= 4 is 23.7 Å². The van der Waals surface area contributed by atoms with Gasteiger partial charge in [0.05, 0.1) is 6.61 Å². The highest BCUT2D eigenvalue weighted by Gasteiger charge is 2.37. The fourth-order valence-electron chi connectivity index (χ4n) is 3.65. The summed E-state index contributed by atoms with van der Waals surface area (Å²) in [5.41, 5.74) is 2.19. The number of nitrogens with one attached hydrogen (secondary N) is 2. The van der Waals surface area contributed by atoms with Crippen molar-refractivity contribution in [3.05, 3.63) is 23.4 Å². The quantitative estimate of drug-likeness (QED) is 0.456. The number of aliphatic hydroxyl groups is 1. The number of hydrogen-bond acceptors (Lipinski definition) is 6.